The smallest absolute Gasteiger partial charge is 0.226 e. The standard InChI is InChI=1S/C13H21NO2/c15-9-5-7-14(8-6-9)13(16)12-10-3-1-2-4-11(10)12/h9-12,15H,1-8H2. The normalized spacial score (nSPS) is 39.3. The van der Waals surface area contributed by atoms with Crippen LogP contribution in [0, 0.1) is 17.8 Å². The maximum Gasteiger partial charge on any atom is 0.226 e. The third kappa shape index (κ3) is 1.75. The molecule has 3 rings (SSSR count). The molecule has 3 nitrogen and oxygen atoms in total. The molecule has 0 aromatic heterocycles. The molecule has 1 aliphatic heterocycles. The summed E-state index contributed by atoms with van der Waals surface area (Å²) in [6.07, 6.45) is 6.56. The summed E-state index contributed by atoms with van der Waals surface area (Å²) in [6.45, 7) is 1.55. The number of fused-ring (bicyclic) bond motifs is 1. The number of nitrogens with zero attached hydrogens (tertiary/aromatic N) is 1. The van der Waals surface area contributed by atoms with Crippen LogP contribution in [-0.2, 0) is 4.79 Å². The van der Waals surface area contributed by atoms with Crippen LogP contribution in [0.2, 0.25) is 0 Å². The van der Waals surface area contributed by atoms with Crippen LogP contribution in [0.15, 0.2) is 0 Å². The number of hydrogen-bond acceptors (Lipinski definition) is 2. The number of aliphatic hydroxyl groups is 1. The molecule has 2 aliphatic carbocycles. The van der Waals surface area contributed by atoms with Crippen molar-refractivity contribution in [3.05, 3.63) is 0 Å². The number of piperidine rings is 1. The molecule has 3 fully saturated rings. The van der Waals surface area contributed by atoms with E-state index in [9.17, 15) is 9.90 Å². The fraction of sp³-hybridized carbons (Fsp3) is 0.923. The first kappa shape index (κ1) is 10.6. The lowest BCUT2D eigenvalue weighted by Crippen LogP contribution is -2.41. The highest BCUT2D eigenvalue weighted by molar-refractivity contribution is 5.82. The Labute approximate surface area is 96.8 Å². The van der Waals surface area contributed by atoms with Gasteiger partial charge < -0.3 is 10.0 Å². The molecule has 3 aliphatic rings. The van der Waals surface area contributed by atoms with Gasteiger partial charge in [0.1, 0.15) is 0 Å². The molecule has 3 heteroatoms. The second-order valence-electron chi connectivity index (χ2n) is 5.69. The van der Waals surface area contributed by atoms with Crippen molar-refractivity contribution in [3.63, 3.8) is 0 Å². The van der Waals surface area contributed by atoms with Gasteiger partial charge in [0.2, 0.25) is 5.91 Å². The summed E-state index contributed by atoms with van der Waals surface area (Å²) in [5, 5.41) is 9.43. The molecule has 90 valence electrons. The van der Waals surface area contributed by atoms with E-state index in [1.54, 1.807) is 0 Å². The van der Waals surface area contributed by atoms with Crippen LogP contribution in [0.4, 0.5) is 0 Å². The molecule has 1 saturated heterocycles. The lowest BCUT2D eigenvalue weighted by atomic mass is 10.0. The zero-order valence-electron chi connectivity index (χ0n) is 9.77. The summed E-state index contributed by atoms with van der Waals surface area (Å²) in [4.78, 5) is 14.3. The van der Waals surface area contributed by atoms with Gasteiger partial charge in [-0.2, -0.15) is 0 Å². The molecule has 1 heterocycles. The van der Waals surface area contributed by atoms with Crippen molar-refractivity contribution >= 4 is 5.91 Å². The van der Waals surface area contributed by atoms with Crippen LogP contribution >= 0.6 is 0 Å². The molecule has 2 atom stereocenters. The minimum atomic E-state index is -0.175. The number of carbonyl (C=O) groups excluding carboxylic acids is 1. The van der Waals surface area contributed by atoms with Gasteiger partial charge in [0.15, 0.2) is 0 Å². The summed E-state index contributed by atoms with van der Waals surface area (Å²) >= 11 is 0. The Bertz CT molecular complexity index is 272. The summed E-state index contributed by atoms with van der Waals surface area (Å²) < 4.78 is 0. The summed E-state index contributed by atoms with van der Waals surface area (Å²) in [5.74, 6) is 2.18. The minimum absolute atomic E-state index is 0.175. The number of carbonyl (C=O) groups is 1. The Hall–Kier alpha value is -0.570. The summed E-state index contributed by atoms with van der Waals surface area (Å²) in [6, 6.07) is 0. The van der Waals surface area contributed by atoms with Crippen molar-refractivity contribution in [3.8, 4) is 0 Å². The lowest BCUT2D eigenvalue weighted by Gasteiger charge is -2.30. The zero-order chi connectivity index (χ0) is 11.1. The van der Waals surface area contributed by atoms with Gasteiger partial charge in [-0.25, -0.2) is 0 Å². The third-order valence-electron chi connectivity index (χ3n) is 4.72. The van der Waals surface area contributed by atoms with Gasteiger partial charge in [0.05, 0.1) is 6.10 Å². The maximum atomic E-state index is 12.3. The van der Waals surface area contributed by atoms with Gasteiger partial charge in [-0.1, -0.05) is 12.8 Å². The van der Waals surface area contributed by atoms with Crippen molar-refractivity contribution in [2.45, 2.75) is 44.6 Å². The molecule has 0 spiro atoms. The highest BCUT2D eigenvalue weighted by Gasteiger charge is 2.55. The molecule has 1 N–H and O–H groups in total. The van der Waals surface area contributed by atoms with Crippen molar-refractivity contribution in [1.29, 1.82) is 0 Å². The molecule has 0 aromatic rings. The van der Waals surface area contributed by atoms with E-state index >= 15 is 0 Å². The van der Waals surface area contributed by atoms with Crippen LogP contribution in [0.25, 0.3) is 0 Å². The molecule has 1 amide bonds. The quantitative estimate of drug-likeness (QED) is 0.730. The number of rotatable bonds is 1. The predicted molar refractivity (Wildman–Crippen MR) is 60.8 cm³/mol. The van der Waals surface area contributed by atoms with E-state index in [1.165, 1.54) is 25.7 Å². The largest absolute Gasteiger partial charge is 0.393 e. The first-order valence-corrected chi connectivity index (χ1v) is 6.74. The second-order valence-corrected chi connectivity index (χ2v) is 5.69. The monoisotopic (exact) mass is 223 g/mol. The van der Waals surface area contributed by atoms with E-state index in [1.807, 2.05) is 4.90 Å². The van der Waals surface area contributed by atoms with Crippen LogP contribution in [0.1, 0.15) is 38.5 Å². The molecular formula is C13H21NO2. The zero-order valence-corrected chi connectivity index (χ0v) is 9.77. The first-order valence-electron chi connectivity index (χ1n) is 6.74. The highest BCUT2D eigenvalue weighted by Crippen LogP contribution is 2.56. The van der Waals surface area contributed by atoms with Crippen LogP contribution in [-0.4, -0.2) is 35.1 Å². The van der Waals surface area contributed by atoms with Crippen molar-refractivity contribution in [2.75, 3.05) is 13.1 Å². The van der Waals surface area contributed by atoms with E-state index in [2.05, 4.69) is 0 Å². The van der Waals surface area contributed by atoms with Gasteiger partial charge in [-0.3, -0.25) is 4.79 Å². The van der Waals surface area contributed by atoms with Gasteiger partial charge in [0, 0.05) is 19.0 Å². The van der Waals surface area contributed by atoms with Gasteiger partial charge in [0.25, 0.3) is 0 Å². The summed E-state index contributed by atoms with van der Waals surface area (Å²) in [5.41, 5.74) is 0. The fourth-order valence-corrected chi connectivity index (χ4v) is 3.66. The van der Waals surface area contributed by atoms with Crippen LogP contribution in [0.3, 0.4) is 0 Å². The third-order valence-corrected chi connectivity index (χ3v) is 4.72. The van der Waals surface area contributed by atoms with E-state index in [4.69, 9.17) is 0 Å². The summed E-state index contributed by atoms with van der Waals surface area (Å²) in [7, 11) is 0. The maximum absolute atomic E-state index is 12.3. The number of likely N-dealkylation sites (tertiary alicyclic amines) is 1. The van der Waals surface area contributed by atoms with Gasteiger partial charge in [-0.05, 0) is 37.5 Å². The molecular weight excluding hydrogens is 202 g/mol. The molecule has 0 radical (unpaired) electrons. The average molecular weight is 223 g/mol. The van der Waals surface area contributed by atoms with E-state index in [-0.39, 0.29) is 6.10 Å². The van der Waals surface area contributed by atoms with Crippen LogP contribution < -0.4 is 0 Å². The van der Waals surface area contributed by atoms with Crippen molar-refractivity contribution in [2.24, 2.45) is 17.8 Å². The molecule has 2 unspecified atom stereocenters. The Morgan fingerprint density at radius 2 is 1.56 bits per heavy atom. The van der Waals surface area contributed by atoms with E-state index in [0.29, 0.717) is 23.7 Å². The van der Waals surface area contributed by atoms with E-state index in [0.717, 1.165) is 25.9 Å². The average Bonchev–Trinajstić information content (AvgIpc) is 3.03. The minimum Gasteiger partial charge on any atom is -0.393 e. The number of hydrogen-bond donors (Lipinski definition) is 1. The van der Waals surface area contributed by atoms with Crippen LogP contribution in [0.5, 0.6) is 0 Å². The first-order chi connectivity index (χ1) is 7.77. The fourth-order valence-electron chi connectivity index (χ4n) is 3.66. The van der Waals surface area contributed by atoms with E-state index < -0.39 is 0 Å². The molecule has 2 saturated carbocycles. The second kappa shape index (κ2) is 4.02. The Kier molecular flexibility index (Phi) is 2.66. The predicted octanol–water partition coefficient (Wildman–Crippen LogP) is 1.41. The lowest BCUT2D eigenvalue weighted by molar-refractivity contribution is -0.135. The number of aliphatic hydroxyl groups excluding tert-OH is 1. The van der Waals surface area contributed by atoms with Gasteiger partial charge >= 0.3 is 0 Å². The molecule has 0 aromatic carbocycles. The Morgan fingerprint density at radius 3 is 2.12 bits per heavy atom. The Morgan fingerprint density at radius 1 is 1.00 bits per heavy atom. The molecule has 16 heavy (non-hydrogen) atoms. The SMILES string of the molecule is O=C(C1C2CCCCC21)N1CCC(O)CC1. The topological polar surface area (TPSA) is 40.5 Å². The number of amides is 1. The van der Waals surface area contributed by atoms with Crippen molar-refractivity contribution in [1.82, 2.24) is 4.90 Å². The van der Waals surface area contributed by atoms with Gasteiger partial charge in [-0.15, -0.1) is 0 Å². The van der Waals surface area contributed by atoms with Crippen molar-refractivity contribution < 1.29 is 9.90 Å². The molecule has 0 bridgehead atoms. The highest BCUT2D eigenvalue weighted by atomic mass is 16.3. The Balaban J connectivity index is 1.57.